The molecule has 0 aromatic heterocycles. The van der Waals surface area contributed by atoms with Gasteiger partial charge in [-0.05, 0) is 49.6 Å². The zero-order chi connectivity index (χ0) is 15.0. The Kier molecular flexibility index (Phi) is 5.02. The van der Waals surface area contributed by atoms with Crippen LogP contribution in [0.4, 0.5) is 13.2 Å². The highest BCUT2D eigenvalue weighted by Crippen LogP contribution is 2.30. The number of likely N-dealkylation sites (tertiary alicyclic amines) is 1. The Hall–Kier alpha value is -1.27. The van der Waals surface area contributed by atoms with E-state index in [1.807, 2.05) is 0 Å². The SMILES string of the molecule is Cl.O=C(c1ccc(C(F)(F)F)cc1)N1CCC2NCCC2C1. The Balaban J connectivity index is 0.00000176. The summed E-state index contributed by atoms with van der Waals surface area (Å²) in [6.45, 7) is 2.34. The fourth-order valence-corrected chi connectivity index (χ4v) is 3.22. The van der Waals surface area contributed by atoms with Crippen LogP contribution in [0.5, 0.6) is 0 Å². The van der Waals surface area contributed by atoms with Gasteiger partial charge in [-0.3, -0.25) is 4.79 Å². The molecule has 1 amide bonds. The Morgan fingerprint density at radius 2 is 1.86 bits per heavy atom. The summed E-state index contributed by atoms with van der Waals surface area (Å²) < 4.78 is 37.6. The first kappa shape index (κ1) is 17.1. The van der Waals surface area contributed by atoms with Crippen molar-refractivity contribution in [3.8, 4) is 0 Å². The second-order valence-electron chi connectivity index (χ2n) is 5.72. The number of piperidine rings is 1. The average molecular weight is 335 g/mol. The van der Waals surface area contributed by atoms with Crippen LogP contribution in [-0.4, -0.2) is 36.5 Å². The second-order valence-corrected chi connectivity index (χ2v) is 5.72. The highest BCUT2D eigenvalue weighted by Gasteiger charge is 2.35. The molecule has 7 heteroatoms. The third-order valence-electron chi connectivity index (χ3n) is 4.40. The summed E-state index contributed by atoms with van der Waals surface area (Å²) in [7, 11) is 0. The number of benzene rings is 1. The predicted molar refractivity (Wildman–Crippen MR) is 79.1 cm³/mol. The lowest BCUT2D eigenvalue weighted by molar-refractivity contribution is -0.137. The highest BCUT2D eigenvalue weighted by molar-refractivity contribution is 5.94. The number of hydrogen-bond acceptors (Lipinski definition) is 2. The molecule has 2 fully saturated rings. The van der Waals surface area contributed by atoms with Crippen LogP contribution in [0.3, 0.4) is 0 Å². The fourth-order valence-electron chi connectivity index (χ4n) is 3.22. The number of fused-ring (bicyclic) bond motifs is 1. The van der Waals surface area contributed by atoms with E-state index in [-0.39, 0.29) is 18.3 Å². The van der Waals surface area contributed by atoms with Crippen LogP contribution in [0.2, 0.25) is 0 Å². The molecule has 1 aromatic rings. The van der Waals surface area contributed by atoms with Gasteiger partial charge >= 0.3 is 6.18 Å². The van der Waals surface area contributed by atoms with Crippen molar-refractivity contribution < 1.29 is 18.0 Å². The van der Waals surface area contributed by atoms with Gasteiger partial charge in [-0.15, -0.1) is 12.4 Å². The lowest BCUT2D eigenvalue weighted by atomic mass is 9.93. The average Bonchev–Trinajstić information content (AvgIpc) is 2.93. The number of rotatable bonds is 1. The van der Waals surface area contributed by atoms with Gasteiger partial charge in [0.05, 0.1) is 5.56 Å². The van der Waals surface area contributed by atoms with Crippen LogP contribution in [0.1, 0.15) is 28.8 Å². The molecule has 2 unspecified atom stereocenters. The molecule has 2 aliphatic heterocycles. The van der Waals surface area contributed by atoms with Gasteiger partial charge < -0.3 is 10.2 Å². The summed E-state index contributed by atoms with van der Waals surface area (Å²) >= 11 is 0. The number of amides is 1. The topological polar surface area (TPSA) is 32.3 Å². The number of carbonyl (C=O) groups is 1. The van der Waals surface area contributed by atoms with Crippen molar-refractivity contribution in [2.24, 2.45) is 5.92 Å². The molecular weight excluding hydrogens is 317 g/mol. The van der Waals surface area contributed by atoms with Gasteiger partial charge in [0.2, 0.25) is 0 Å². The Morgan fingerprint density at radius 3 is 2.50 bits per heavy atom. The van der Waals surface area contributed by atoms with E-state index in [0.29, 0.717) is 30.6 Å². The summed E-state index contributed by atoms with van der Waals surface area (Å²) in [4.78, 5) is 14.1. The number of alkyl halides is 3. The molecule has 0 aliphatic carbocycles. The molecule has 2 heterocycles. The maximum atomic E-state index is 12.5. The minimum atomic E-state index is -4.37. The maximum Gasteiger partial charge on any atom is 0.416 e. The standard InChI is InChI=1S/C15H17F3N2O.ClH/c16-15(17,18)12-3-1-10(2-4-12)14(21)20-8-6-13-11(9-20)5-7-19-13;/h1-4,11,13,19H,5-9H2;1H. The summed E-state index contributed by atoms with van der Waals surface area (Å²) in [6, 6.07) is 4.96. The Morgan fingerprint density at radius 1 is 1.18 bits per heavy atom. The van der Waals surface area contributed by atoms with Gasteiger partial charge in [0.25, 0.3) is 5.91 Å². The molecule has 2 atom stereocenters. The zero-order valence-corrected chi connectivity index (χ0v) is 12.7. The normalized spacial score (nSPS) is 24.6. The number of hydrogen-bond donors (Lipinski definition) is 1. The van der Waals surface area contributed by atoms with Crippen LogP contribution >= 0.6 is 12.4 Å². The van der Waals surface area contributed by atoms with Crippen LogP contribution in [0.25, 0.3) is 0 Å². The molecule has 2 saturated heterocycles. The minimum absolute atomic E-state index is 0. The molecule has 3 rings (SSSR count). The second kappa shape index (κ2) is 6.46. The molecule has 0 bridgehead atoms. The van der Waals surface area contributed by atoms with Crippen molar-refractivity contribution in [3.05, 3.63) is 35.4 Å². The fraction of sp³-hybridized carbons (Fsp3) is 0.533. The van der Waals surface area contributed by atoms with Crippen molar-refractivity contribution in [1.29, 1.82) is 0 Å². The molecule has 2 aliphatic rings. The lowest BCUT2D eigenvalue weighted by Crippen LogP contribution is -2.46. The van der Waals surface area contributed by atoms with Crippen LogP contribution in [0, 0.1) is 5.92 Å². The van der Waals surface area contributed by atoms with Crippen molar-refractivity contribution in [2.45, 2.75) is 25.1 Å². The molecule has 1 aromatic carbocycles. The molecule has 3 nitrogen and oxygen atoms in total. The van der Waals surface area contributed by atoms with Gasteiger partial charge in [0.15, 0.2) is 0 Å². The molecule has 122 valence electrons. The molecule has 0 spiro atoms. The van der Waals surface area contributed by atoms with Gasteiger partial charge in [-0.1, -0.05) is 0 Å². The Bertz CT molecular complexity index is 533. The van der Waals surface area contributed by atoms with E-state index in [0.717, 1.165) is 31.5 Å². The van der Waals surface area contributed by atoms with E-state index in [4.69, 9.17) is 0 Å². The first-order valence-corrected chi connectivity index (χ1v) is 7.15. The van der Waals surface area contributed by atoms with E-state index in [2.05, 4.69) is 5.32 Å². The highest BCUT2D eigenvalue weighted by atomic mass is 35.5. The molecule has 22 heavy (non-hydrogen) atoms. The molecule has 0 radical (unpaired) electrons. The summed E-state index contributed by atoms with van der Waals surface area (Å²) in [5.41, 5.74) is -0.398. The van der Waals surface area contributed by atoms with E-state index in [1.54, 1.807) is 4.90 Å². The number of nitrogens with zero attached hydrogens (tertiary/aromatic N) is 1. The van der Waals surface area contributed by atoms with E-state index in [1.165, 1.54) is 12.1 Å². The smallest absolute Gasteiger partial charge is 0.338 e. The zero-order valence-electron chi connectivity index (χ0n) is 11.9. The minimum Gasteiger partial charge on any atom is -0.338 e. The van der Waals surface area contributed by atoms with Crippen molar-refractivity contribution >= 4 is 18.3 Å². The van der Waals surface area contributed by atoms with Gasteiger partial charge in [0.1, 0.15) is 0 Å². The maximum absolute atomic E-state index is 12.5. The number of halogens is 4. The quantitative estimate of drug-likeness (QED) is 0.856. The largest absolute Gasteiger partial charge is 0.416 e. The number of nitrogens with one attached hydrogen (secondary N) is 1. The molecule has 1 N–H and O–H groups in total. The summed E-state index contributed by atoms with van der Waals surface area (Å²) in [5, 5.41) is 3.42. The molecule has 0 saturated carbocycles. The first-order valence-electron chi connectivity index (χ1n) is 7.15. The Labute approximate surface area is 133 Å². The van der Waals surface area contributed by atoms with Gasteiger partial charge in [0, 0.05) is 24.7 Å². The third kappa shape index (κ3) is 3.38. The lowest BCUT2D eigenvalue weighted by Gasteiger charge is -2.35. The van der Waals surface area contributed by atoms with Gasteiger partial charge in [-0.2, -0.15) is 13.2 Å². The first-order chi connectivity index (χ1) is 9.95. The van der Waals surface area contributed by atoms with E-state index < -0.39 is 11.7 Å². The van der Waals surface area contributed by atoms with E-state index >= 15 is 0 Å². The van der Waals surface area contributed by atoms with Crippen LogP contribution in [0.15, 0.2) is 24.3 Å². The van der Waals surface area contributed by atoms with Gasteiger partial charge in [-0.25, -0.2) is 0 Å². The predicted octanol–water partition coefficient (Wildman–Crippen LogP) is 2.95. The molecular formula is C15H18ClF3N2O. The van der Waals surface area contributed by atoms with Crippen molar-refractivity contribution in [1.82, 2.24) is 10.2 Å². The van der Waals surface area contributed by atoms with Crippen LogP contribution in [-0.2, 0) is 6.18 Å². The van der Waals surface area contributed by atoms with Crippen LogP contribution < -0.4 is 5.32 Å². The number of carbonyl (C=O) groups excluding carboxylic acids is 1. The summed E-state index contributed by atoms with van der Waals surface area (Å²) in [6.07, 6.45) is -2.39. The third-order valence-corrected chi connectivity index (χ3v) is 4.40. The van der Waals surface area contributed by atoms with Crippen molar-refractivity contribution in [2.75, 3.05) is 19.6 Å². The van der Waals surface area contributed by atoms with E-state index in [9.17, 15) is 18.0 Å². The van der Waals surface area contributed by atoms with Crippen molar-refractivity contribution in [3.63, 3.8) is 0 Å². The monoisotopic (exact) mass is 334 g/mol. The summed E-state index contributed by atoms with van der Waals surface area (Å²) in [5.74, 6) is 0.297.